The summed E-state index contributed by atoms with van der Waals surface area (Å²) in [5, 5.41) is 3.64. The van der Waals surface area contributed by atoms with Crippen molar-refractivity contribution in [3.05, 3.63) is 70.3 Å². The number of amides is 1. The van der Waals surface area contributed by atoms with Gasteiger partial charge in [-0.05, 0) is 41.7 Å². The third-order valence-electron chi connectivity index (χ3n) is 3.57. The molecule has 2 nitrogen and oxygen atoms in total. The van der Waals surface area contributed by atoms with E-state index in [1.165, 1.54) is 6.08 Å². The Labute approximate surface area is 136 Å². The lowest BCUT2D eigenvalue weighted by Crippen LogP contribution is -2.11. The minimum atomic E-state index is -0.143. The molecule has 3 heteroatoms. The monoisotopic (exact) mass is 313 g/mol. The van der Waals surface area contributed by atoms with E-state index in [0.717, 1.165) is 35.2 Å². The molecule has 0 saturated carbocycles. The quantitative estimate of drug-likeness (QED) is 0.763. The highest BCUT2D eigenvalue weighted by molar-refractivity contribution is 6.32. The molecule has 0 radical (unpaired) electrons. The summed E-state index contributed by atoms with van der Waals surface area (Å²) in [4.78, 5) is 12.2. The fraction of sp³-hybridized carbons (Fsp3) is 0.211. The van der Waals surface area contributed by atoms with Crippen LogP contribution in [0.1, 0.15) is 30.5 Å². The zero-order valence-corrected chi connectivity index (χ0v) is 13.7. The first-order valence-electron chi connectivity index (χ1n) is 7.50. The molecule has 114 valence electrons. The van der Waals surface area contributed by atoms with Crippen molar-refractivity contribution in [3.63, 3.8) is 0 Å². The van der Waals surface area contributed by atoms with Gasteiger partial charge < -0.3 is 5.32 Å². The molecule has 0 bridgehead atoms. The van der Waals surface area contributed by atoms with E-state index in [4.69, 9.17) is 11.6 Å². The Morgan fingerprint density at radius 1 is 1.05 bits per heavy atom. The third kappa shape index (κ3) is 3.99. The van der Waals surface area contributed by atoms with Crippen LogP contribution in [0.25, 0.3) is 6.08 Å². The lowest BCUT2D eigenvalue weighted by Gasteiger charge is -2.13. The van der Waals surface area contributed by atoms with E-state index in [1.807, 2.05) is 36.4 Å². The van der Waals surface area contributed by atoms with E-state index in [1.54, 1.807) is 12.1 Å². The van der Waals surface area contributed by atoms with Crippen LogP contribution < -0.4 is 5.32 Å². The molecule has 0 unspecified atom stereocenters. The summed E-state index contributed by atoms with van der Waals surface area (Å²) in [6.07, 6.45) is 5.03. The minimum Gasteiger partial charge on any atom is -0.322 e. The first-order valence-corrected chi connectivity index (χ1v) is 7.87. The van der Waals surface area contributed by atoms with Crippen molar-refractivity contribution in [1.82, 2.24) is 0 Å². The van der Waals surface area contributed by atoms with Gasteiger partial charge in [-0.2, -0.15) is 0 Å². The number of rotatable bonds is 5. The first-order chi connectivity index (χ1) is 10.7. The van der Waals surface area contributed by atoms with Gasteiger partial charge in [0.2, 0.25) is 5.91 Å². The van der Waals surface area contributed by atoms with E-state index in [9.17, 15) is 4.79 Å². The average molecular weight is 314 g/mol. The van der Waals surface area contributed by atoms with Crippen molar-refractivity contribution >= 4 is 29.3 Å². The predicted molar refractivity (Wildman–Crippen MR) is 94.3 cm³/mol. The molecule has 1 amide bonds. The maximum absolute atomic E-state index is 12.2. The molecule has 0 atom stereocenters. The Morgan fingerprint density at radius 2 is 1.68 bits per heavy atom. The number of aryl methyl sites for hydroxylation is 2. The Hall–Kier alpha value is -2.06. The van der Waals surface area contributed by atoms with Gasteiger partial charge in [-0.15, -0.1) is 0 Å². The van der Waals surface area contributed by atoms with Gasteiger partial charge in [-0.1, -0.05) is 61.8 Å². The number of nitrogens with one attached hydrogen (secondary N) is 1. The largest absolute Gasteiger partial charge is 0.322 e. The minimum absolute atomic E-state index is 0.143. The van der Waals surface area contributed by atoms with Crippen molar-refractivity contribution < 1.29 is 4.79 Å². The molecular formula is C19H20ClNO. The van der Waals surface area contributed by atoms with Crippen LogP contribution in [-0.4, -0.2) is 5.91 Å². The molecule has 0 aromatic heterocycles. The zero-order valence-electron chi connectivity index (χ0n) is 12.9. The Morgan fingerprint density at radius 3 is 2.27 bits per heavy atom. The number of hydrogen-bond acceptors (Lipinski definition) is 1. The number of carbonyl (C=O) groups is 1. The van der Waals surface area contributed by atoms with Gasteiger partial charge in [0, 0.05) is 16.8 Å². The SMILES string of the molecule is CCc1cccc(CC)c1NC(=O)/C=C/c1ccccc1Cl. The van der Waals surface area contributed by atoms with Crippen LogP contribution in [0.3, 0.4) is 0 Å². The summed E-state index contributed by atoms with van der Waals surface area (Å²) in [7, 11) is 0. The van der Waals surface area contributed by atoms with Gasteiger partial charge in [0.1, 0.15) is 0 Å². The first kappa shape index (κ1) is 16.3. The number of hydrogen-bond donors (Lipinski definition) is 1. The van der Waals surface area contributed by atoms with E-state index in [2.05, 4.69) is 19.2 Å². The summed E-state index contributed by atoms with van der Waals surface area (Å²) >= 11 is 6.08. The molecule has 1 N–H and O–H groups in total. The fourth-order valence-electron chi connectivity index (χ4n) is 2.34. The Bertz CT molecular complexity index is 669. The van der Waals surface area contributed by atoms with Gasteiger partial charge >= 0.3 is 0 Å². The summed E-state index contributed by atoms with van der Waals surface area (Å²) in [5.41, 5.74) is 4.07. The van der Waals surface area contributed by atoms with Crippen LogP contribution in [-0.2, 0) is 17.6 Å². The second kappa shape index (κ2) is 7.81. The third-order valence-corrected chi connectivity index (χ3v) is 3.91. The van der Waals surface area contributed by atoms with Crippen LogP contribution in [0.2, 0.25) is 5.02 Å². The molecule has 0 aliphatic heterocycles. The molecule has 0 saturated heterocycles. The maximum Gasteiger partial charge on any atom is 0.248 e. The van der Waals surface area contributed by atoms with Crippen LogP contribution >= 0.6 is 11.6 Å². The van der Waals surface area contributed by atoms with Crippen molar-refractivity contribution in [3.8, 4) is 0 Å². The van der Waals surface area contributed by atoms with E-state index < -0.39 is 0 Å². The van der Waals surface area contributed by atoms with Crippen molar-refractivity contribution in [2.75, 3.05) is 5.32 Å². The molecule has 2 aromatic rings. The van der Waals surface area contributed by atoms with E-state index in [0.29, 0.717) is 5.02 Å². The maximum atomic E-state index is 12.2. The zero-order chi connectivity index (χ0) is 15.9. The standard InChI is InChI=1S/C19H20ClNO/c1-3-14-9-7-10-15(4-2)19(14)21-18(22)13-12-16-8-5-6-11-17(16)20/h5-13H,3-4H2,1-2H3,(H,21,22)/b13-12+. The number of halogens is 1. The normalized spacial score (nSPS) is 10.9. The summed E-state index contributed by atoms with van der Waals surface area (Å²) in [6, 6.07) is 13.6. The highest BCUT2D eigenvalue weighted by Crippen LogP contribution is 2.23. The van der Waals surface area contributed by atoms with Crippen molar-refractivity contribution in [2.24, 2.45) is 0 Å². The molecule has 0 heterocycles. The fourth-order valence-corrected chi connectivity index (χ4v) is 2.54. The molecule has 2 aromatic carbocycles. The number of carbonyl (C=O) groups excluding carboxylic acids is 1. The van der Waals surface area contributed by atoms with Gasteiger partial charge in [0.05, 0.1) is 0 Å². The summed E-state index contributed by atoms with van der Waals surface area (Å²) in [6.45, 7) is 4.17. The average Bonchev–Trinajstić information content (AvgIpc) is 2.54. The number of para-hydroxylation sites is 1. The van der Waals surface area contributed by atoms with Crippen LogP contribution in [0, 0.1) is 0 Å². The van der Waals surface area contributed by atoms with E-state index >= 15 is 0 Å². The molecule has 2 rings (SSSR count). The van der Waals surface area contributed by atoms with Crippen LogP contribution in [0.5, 0.6) is 0 Å². The number of benzene rings is 2. The smallest absolute Gasteiger partial charge is 0.248 e. The Balaban J connectivity index is 2.18. The molecule has 0 spiro atoms. The van der Waals surface area contributed by atoms with Gasteiger partial charge in [0.25, 0.3) is 0 Å². The molecule has 0 fully saturated rings. The van der Waals surface area contributed by atoms with Crippen molar-refractivity contribution in [2.45, 2.75) is 26.7 Å². The highest BCUT2D eigenvalue weighted by Gasteiger charge is 2.08. The van der Waals surface area contributed by atoms with E-state index in [-0.39, 0.29) is 5.91 Å². The van der Waals surface area contributed by atoms with Gasteiger partial charge in [-0.3, -0.25) is 4.79 Å². The summed E-state index contributed by atoms with van der Waals surface area (Å²) in [5.74, 6) is -0.143. The second-order valence-corrected chi connectivity index (χ2v) is 5.41. The molecular weight excluding hydrogens is 294 g/mol. The lowest BCUT2D eigenvalue weighted by molar-refractivity contribution is -0.111. The van der Waals surface area contributed by atoms with Crippen LogP contribution in [0.4, 0.5) is 5.69 Å². The molecule has 22 heavy (non-hydrogen) atoms. The molecule has 0 aliphatic carbocycles. The topological polar surface area (TPSA) is 29.1 Å². The highest BCUT2D eigenvalue weighted by atomic mass is 35.5. The second-order valence-electron chi connectivity index (χ2n) is 5.00. The van der Waals surface area contributed by atoms with Gasteiger partial charge in [-0.25, -0.2) is 0 Å². The lowest BCUT2D eigenvalue weighted by atomic mass is 10.0. The molecule has 0 aliphatic rings. The predicted octanol–water partition coefficient (Wildman–Crippen LogP) is 5.12. The Kier molecular flexibility index (Phi) is 5.79. The van der Waals surface area contributed by atoms with Gasteiger partial charge in [0.15, 0.2) is 0 Å². The summed E-state index contributed by atoms with van der Waals surface area (Å²) < 4.78 is 0. The van der Waals surface area contributed by atoms with Crippen molar-refractivity contribution in [1.29, 1.82) is 0 Å². The number of anilines is 1. The van der Waals surface area contributed by atoms with Crippen LogP contribution in [0.15, 0.2) is 48.5 Å².